The van der Waals surface area contributed by atoms with Crippen LogP contribution in [0, 0.1) is 0 Å². The van der Waals surface area contributed by atoms with E-state index >= 15 is 0 Å². The highest BCUT2D eigenvalue weighted by atomic mass is 16.6. The molecule has 0 heterocycles. The lowest BCUT2D eigenvalue weighted by atomic mass is 10.0. The van der Waals surface area contributed by atoms with Crippen molar-refractivity contribution in [3.05, 3.63) is 0 Å². The molecule has 28 heavy (non-hydrogen) atoms. The molecule has 0 saturated carbocycles. The molecule has 0 saturated heterocycles. The second-order valence-corrected chi connectivity index (χ2v) is 8.22. The fraction of sp³-hybridized carbons (Fsp3) is 0.857. The third kappa shape index (κ3) is 17.6. The van der Waals surface area contributed by atoms with Gasteiger partial charge in [0.15, 0.2) is 0 Å². The first-order valence-electron chi connectivity index (χ1n) is 10.4. The summed E-state index contributed by atoms with van der Waals surface area (Å²) in [6.07, 6.45) is 9.65. The van der Waals surface area contributed by atoms with E-state index in [1.165, 1.54) is 7.11 Å². The van der Waals surface area contributed by atoms with Gasteiger partial charge >= 0.3 is 18.0 Å². The van der Waals surface area contributed by atoms with Crippen LogP contribution >= 0.6 is 0 Å². The fourth-order valence-electron chi connectivity index (χ4n) is 2.88. The standard InChI is InChI=1S/C21H39NO6/c1-21(2,3)28-20(26)22-17(15-16-19(25)27-4)13-11-9-7-5-6-8-10-12-14-18(23)24/h17H,5-16H2,1-4H3,(H,22,26)(H,23,24). The Morgan fingerprint density at radius 1 is 0.857 bits per heavy atom. The molecule has 164 valence electrons. The van der Waals surface area contributed by atoms with Crippen molar-refractivity contribution in [1.29, 1.82) is 0 Å². The highest BCUT2D eigenvalue weighted by Crippen LogP contribution is 2.14. The van der Waals surface area contributed by atoms with Gasteiger partial charge in [0.25, 0.3) is 0 Å². The summed E-state index contributed by atoms with van der Waals surface area (Å²) in [5.74, 6) is -0.999. The molecule has 0 aromatic carbocycles. The number of carboxylic acids is 1. The summed E-state index contributed by atoms with van der Waals surface area (Å²) < 4.78 is 9.99. The highest BCUT2D eigenvalue weighted by Gasteiger charge is 2.20. The number of ether oxygens (including phenoxy) is 2. The Morgan fingerprint density at radius 2 is 1.39 bits per heavy atom. The molecule has 7 nitrogen and oxygen atoms in total. The fourth-order valence-corrected chi connectivity index (χ4v) is 2.88. The van der Waals surface area contributed by atoms with E-state index in [2.05, 4.69) is 10.1 Å². The van der Waals surface area contributed by atoms with Crippen molar-refractivity contribution in [1.82, 2.24) is 5.32 Å². The van der Waals surface area contributed by atoms with Crippen LogP contribution < -0.4 is 5.32 Å². The van der Waals surface area contributed by atoms with Crippen LogP contribution in [0.5, 0.6) is 0 Å². The largest absolute Gasteiger partial charge is 0.481 e. The monoisotopic (exact) mass is 401 g/mol. The first-order chi connectivity index (χ1) is 13.1. The zero-order chi connectivity index (χ0) is 21.4. The predicted molar refractivity (Wildman–Crippen MR) is 108 cm³/mol. The molecule has 0 spiro atoms. The van der Waals surface area contributed by atoms with Gasteiger partial charge in [0.05, 0.1) is 7.11 Å². The Hall–Kier alpha value is -1.79. The van der Waals surface area contributed by atoms with Crippen molar-refractivity contribution in [3.8, 4) is 0 Å². The molecule has 0 bridgehead atoms. The normalized spacial score (nSPS) is 12.3. The minimum atomic E-state index is -0.721. The summed E-state index contributed by atoms with van der Waals surface area (Å²) >= 11 is 0. The number of carbonyl (C=O) groups is 3. The summed E-state index contributed by atoms with van der Waals surface area (Å²) in [5, 5.41) is 11.5. The van der Waals surface area contributed by atoms with Gasteiger partial charge in [-0.2, -0.15) is 0 Å². The molecule has 1 unspecified atom stereocenters. The van der Waals surface area contributed by atoms with Crippen molar-refractivity contribution in [2.75, 3.05) is 7.11 Å². The van der Waals surface area contributed by atoms with E-state index in [1.807, 2.05) is 20.8 Å². The average molecular weight is 402 g/mol. The van der Waals surface area contributed by atoms with E-state index in [0.29, 0.717) is 6.42 Å². The van der Waals surface area contributed by atoms with E-state index in [0.717, 1.165) is 57.8 Å². The van der Waals surface area contributed by atoms with Crippen molar-refractivity contribution in [2.45, 2.75) is 109 Å². The molecule has 0 aliphatic heterocycles. The zero-order valence-corrected chi connectivity index (χ0v) is 18.1. The van der Waals surface area contributed by atoms with E-state index in [4.69, 9.17) is 9.84 Å². The Balaban J connectivity index is 4.01. The average Bonchev–Trinajstić information content (AvgIpc) is 2.58. The third-order valence-corrected chi connectivity index (χ3v) is 4.34. The molecule has 0 aromatic rings. The Bertz CT molecular complexity index is 458. The highest BCUT2D eigenvalue weighted by molar-refractivity contribution is 5.70. The molecule has 0 fully saturated rings. The number of carboxylic acid groups (broad SMARTS) is 1. The van der Waals surface area contributed by atoms with Gasteiger partial charge in [-0.1, -0.05) is 44.9 Å². The number of amides is 1. The Kier molecular flexibility index (Phi) is 14.2. The number of methoxy groups -OCH3 is 1. The van der Waals surface area contributed by atoms with Gasteiger partial charge in [-0.3, -0.25) is 9.59 Å². The molecule has 0 radical (unpaired) electrons. The number of aliphatic carboxylic acids is 1. The van der Waals surface area contributed by atoms with Gasteiger partial charge < -0.3 is 19.9 Å². The first kappa shape index (κ1) is 26.2. The molecule has 1 amide bonds. The van der Waals surface area contributed by atoms with E-state index in [-0.39, 0.29) is 24.9 Å². The Labute approximate surface area is 169 Å². The number of esters is 1. The van der Waals surface area contributed by atoms with Gasteiger partial charge in [-0.25, -0.2) is 4.79 Å². The van der Waals surface area contributed by atoms with Crippen molar-refractivity contribution in [2.24, 2.45) is 0 Å². The van der Waals surface area contributed by atoms with Gasteiger partial charge in [0.1, 0.15) is 5.60 Å². The molecule has 2 N–H and O–H groups in total. The molecule has 0 aliphatic rings. The molecule has 0 aliphatic carbocycles. The lowest BCUT2D eigenvalue weighted by Crippen LogP contribution is -2.39. The minimum absolute atomic E-state index is 0.107. The SMILES string of the molecule is COC(=O)CCC(CCCCCCCCCCC(=O)O)NC(=O)OC(C)(C)C. The van der Waals surface area contributed by atoms with Gasteiger partial charge in [-0.05, 0) is 40.0 Å². The predicted octanol–water partition coefficient (Wildman–Crippen LogP) is 4.82. The molecule has 0 aromatic heterocycles. The maximum atomic E-state index is 12.0. The number of hydrogen-bond acceptors (Lipinski definition) is 5. The van der Waals surface area contributed by atoms with Crippen LogP contribution in [0.1, 0.15) is 97.8 Å². The smallest absolute Gasteiger partial charge is 0.407 e. The van der Waals surface area contributed by atoms with Crippen LogP contribution in [0.3, 0.4) is 0 Å². The Morgan fingerprint density at radius 3 is 1.89 bits per heavy atom. The van der Waals surface area contributed by atoms with Crippen molar-refractivity contribution in [3.63, 3.8) is 0 Å². The summed E-state index contributed by atoms with van der Waals surface area (Å²) in [5.41, 5.74) is -0.554. The lowest BCUT2D eigenvalue weighted by molar-refractivity contribution is -0.141. The summed E-state index contributed by atoms with van der Waals surface area (Å²) in [6.45, 7) is 5.45. The van der Waals surface area contributed by atoms with Gasteiger partial charge in [0, 0.05) is 18.9 Å². The second-order valence-electron chi connectivity index (χ2n) is 8.22. The van der Waals surface area contributed by atoms with E-state index < -0.39 is 17.7 Å². The minimum Gasteiger partial charge on any atom is -0.481 e. The van der Waals surface area contributed by atoms with Crippen LogP contribution in [0.4, 0.5) is 4.79 Å². The first-order valence-corrected chi connectivity index (χ1v) is 10.4. The van der Waals surface area contributed by atoms with Crippen LogP contribution in [0.25, 0.3) is 0 Å². The zero-order valence-electron chi connectivity index (χ0n) is 18.1. The van der Waals surface area contributed by atoms with Crippen LogP contribution in [0.15, 0.2) is 0 Å². The number of unbranched alkanes of at least 4 members (excludes halogenated alkanes) is 7. The third-order valence-electron chi connectivity index (χ3n) is 4.34. The van der Waals surface area contributed by atoms with E-state index in [1.54, 1.807) is 0 Å². The number of rotatable bonds is 15. The maximum Gasteiger partial charge on any atom is 0.407 e. The maximum absolute atomic E-state index is 12.0. The molecular formula is C21H39NO6. The molecular weight excluding hydrogens is 362 g/mol. The molecule has 7 heteroatoms. The second kappa shape index (κ2) is 15.2. The molecule has 0 rings (SSSR count). The van der Waals surface area contributed by atoms with Crippen LogP contribution in [-0.2, 0) is 19.1 Å². The van der Waals surface area contributed by atoms with Gasteiger partial charge in [-0.15, -0.1) is 0 Å². The molecule has 1 atom stereocenters. The van der Waals surface area contributed by atoms with Crippen molar-refractivity contribution >= 4 is 18.0 Å². The van der Waals surface area contributed by atoms with Gasteiger partial charge in [0.2, 0.25) is 0 Å². The number of hydrogen-bond donors (Lipinski definition) is 2. The number of nitrogens with one attached hydrogen (secondary N) is 1. The van der Waals surface area contributed by atoms with E-state index in [9.17, 15) is 14.4 Å². The quantitative estimate of drug-likeness (QED) is 0.301. The number of carbonyl (C=O) groups excluding carboxylic acids is 2. The van der Waals surface area contributed by atoms with Crippen molar-refractivity contribution < 1.29 is 29.0 Å². The van der Waals surface area contributed by atoms with Crippen LogP contribution in [0.2, 0.25) is 0 Å². The summed E-state index contributed by atoms with van der Waals surface area (Å²) in [7, 11) is 1.36. The topological polar surface area (TPSA) is 102 Å². The summed E-state index contributed by atoms with van der Waals surface area (Å²) in [4.78, 5) is 33.8. The summed E-state index contributed by atoms with van der Waals surface area (Å²) in [6, 6.07) is -0.107. The number of alkyl carbamates (subject to hydrolysis) is 1. The van der Waals surface area contributed by atoms with Crippen LogP contribution in [-0.4, -0.2) is 41.9 Å². The lowest BCUT2D eigenvalue weighted by Gasteiger charge is -2.23.